The SMILES string of the molecule is CCNC(=NCCC(C)N(C)C(=O)OC(C)(C)C)N1CCC(C)C(n2ccnc2)C1.I. The number of guanidine groups is 1. The van der Waals surface area contributed by atoms with Crippen LogP contribution in [0.15, 0.2) is 23.7 Å². The van der Waals surface area contributed by atoms with Crippen molar-refractivity contribution in [3.05, 3.63) is 18.7 Å². The second kappa shape index (κ2) is 12.5. The molecule has 178 valence electrons. The van der Waals surface area contributed by atoms with Gasteiger partial charge in [-0.25, -0.2) is 9.78 Å². The Morgan fingerprint density at radius 2 is 2.13 bits per heavy atom. The molecular weight excluding hydrogens is 507 g/mol. The highest BCUT2D eigenvalue weighted by Crippen LogP contribution is 2.27. The first kappa shape index (κ1) is 27.5. The Kier molecular flexibility index (Phi) is 11.1. The van der Waals surface area contributed by atoms with Crippen molar-refractivity contribution in [2.24, 2.45) is 10.9 Å². The Morgan fingerprint density at radius 3 is 2.71 bits per heavy atom. The zero-order chi connectivity index (χ0) is 22.3. The summed E-state index contributed by atoms with van der Waals surface area (Å²) in [6.07, 6.45) is 7.39. The minimum atomic E-state index is -0.487. The number of halogens is 1. The normalized spacial score (nSPS) is 20.6. The fourth-order valence-corrected chi connectivity index (χ4v) is 3.59. The highest BCUT2D eigenvalue weighted by molar-refractivity contribution is 14.0. The molecule has 1 aliphatic heterocycles. The molecule has 1 aromatic rings. The molecule has 1 amide bonds. The summed E-state index contributed by atoms with van der Waals surface area (Å²) < 4.78 is 7.67. The number of hydrogen-bond acceptors (Lipinski definition) is 4. The minimum absolute atomic E-state index is 0. The summed E-state index contributed by atoms with van der Waals surface area (Å²) in [7, 11) is 1.79. The molecule has 1 saturated heterocycles. The van der Waals surface area contributed by atoms with Gasteiger partial charge >= 0.3 is 6.09 Å². The maximum Gasteiger partial charge on any atom is 0.410 e. The minimum Gasteiger partial charge on any atom is -0.444 e. The summed E-state index contributed by atoms with van der Waals surface area (Å²) in [6.45, 7) is 15.5. The van der Waals surface area contributed by atoms with E-state index in [1.165, 1.54) is 0 Å². The van der Waals surface area contributed by atoms with Gasteiger partial charge in [0.05, 0.1) is 12.4 Å². The first-order valence-electron chi connectivity index (χ1n) is 11.1. The van der Waals surface area contributed by atoms with E-state index in [-0.39, 0.29) is 36.1 Å². The smallest absolute Gasteiger partial charge is 0.410 e. The third kappa shape index (κ3) is 8.50. The van der Waals surface area contributed by atoms with E-state index in [9.17, 15) is 4.79 Å². The molecule has 1 aliphatic rings. The molecule has 2 rings (SSSR count). The Morgan fingerprint density at radius 1 is 1.42 bits per heavy atom. The van der Waals surface area contributed by atoms with Crippen LogP contribution in [0.2, 0.25) is 0 Å². The van der Waals surface area contributed by atoms with Gasteiger partial charge in [-0.05, 0) is 53.4 Å². The molecule has 1 aromatic heterocycles. The van der Waals surface area contributed by atoms with Gasteiger partial charge < -0.3 is 24.4 Å². The Bertz CT molecular complexity index is 689. The molecule has 1 fully saturated rings. The maximum atomic E-state index is 12.3. The molecule has 9 heteroatoms. The van der Waals surface area contributed by atoms with Gasteiger partial charge in [0.15, 0.2) is 5.96 Å². The van der Waals surface area contributed by atoms with E-state index in [1.807, 2.05) is 46.4 Å². The molecule has 0 saturated carbocycles. The first-order chi connectivity index (χ1) is 14.1. The summed E-state index contributed by atoms with van der Waals surface area (Å²) in [5.74, 6) is 1.54. The molecule has 2 heterocycles. The highest BCUT2D eigenvalue weighted by atomic mass is 127. The van der Waals surface area contributed by atoms with Gasteiger partial charge in [0.1, 0.15) is 5.60 Å². The average Bonchev–Trinajstić information content (AvgIpc) is 3.20. The number of aromatic nitrogens is 2. The van der Waals surface area contributed by atoms with Crippen molar-refractivity contribution >= 4 is 36.0 Å². The predicted molar refractivity (Wildman–Crippen MR) is 136 cm³/mol. The number of nitrogens with one attached hydrogen (secondary N) is 1. The molecule has 1 N–H and O–H groups in total. The van der Waals surface area contributed by atoms with E-state index in [2.05, 4.69) is 33.6 Å². The molecule has 0 spiro atoms. The summed E-state index contributed by atoms with van der Waals surface area (Å²) in [5, 5.41) is 3.44. The van der Waals surface area contributed by atoms with Crippen LogP contribution in [0.1, 0.15) is 60.4 Å². The summed E-state index contributed by atoms with van der Waals surface area (Å²) in [4.78, 5) is 25.3. The third-order valence-corrected chi connectivity index (χ3v) is 5.61. The van der Waals surface area contributed by atoms with Crippen molar-refractivity contribution in [3.8, 4) is 0 Å². The predicted octanol–water partition coefficient (Wildman–Crippen LogP) is 4.00. The van der Waals surface area contributed by atoms with Crippen molar-refractivity contribution in [2.75, 3.05) is 33.2 Å². The van der Waals surface area contributed by atoms with E-state index in [0.717, 1.165) is 38.4 Å². The molecule has 0 bridgehead atoms. The van der Waals surface area contributed by atoms with Crippen LogP contribution in [0.4, 0.5) is 4.79 Å². The third-order valence-electron chi connectivity index (χ3n) is 5.61. The van der Waals surface area contributed by atoms with E-state index in [0.29, 0.717) is 18.5 Å². The zero-order valence-corrected chi connectivity index (χ0v) is 22.5. The number of nitrogens with zero attached hydrogens (tertiary/aromatic N) is 5. The number of hydrogen-bond donors (Lipinski definition) is 1. The molecule has 0 radical (unpaired) electrons. The molecule has 31 heavy (non-hydrogen) atoms. The monoisotopic (exact) mass is 548 g/mol. The van der Waals surface area contributed by atoms with Gasteiger partial charge in [0, 0.05) is 51.7 Å². The van der Waals surface area contributed by atoms with Gasteiger partial charge in [-0.1, -0.05) is 6.92 Å². The lowest BCUT2D eigenvalue weighted by molar-refractivity contribution is 0.0231. The van der Waals surface area contributed by atoms with E-state index < -0.39 is 5.60 Å². The molecule has 0 aliphatic carbocycles. The molecule has 3 atom stereocenters. The fraction of sp³-hybridized carbons (Fsp3) is 0.773. The lowest BCUT2D eigenvalue weighted by atomic mass is 9.93. The number of piperidine rings is 1. The van der Waals surface area contributed by atoms with Crippen LogP contribution >= 0.6 is 24.0 Å². The van der Waals surface area contributed by atoms with Gasteiger partial charge in [0.25, 0.3) is 0 Å². The van der Waals surface area contributed by atoms with Crippen LogP contribution in [0.3, 0.4) is 0 Å². The number of likely N-dealkylation sites (tertiary alicyclic amines) is 1. The van der Waals surface area contributed by atoms with Crippen molar-refractivity contribution in [1.29, 1.82) is 0 Å². The zero-order valence-electron chi connectivity index (χ0n) is 20.2. The van der Waals surface area contributed by atoms with Gasteiger partial charge in [0.2, 0.25) is 0 Å². The van der Waals surface area contributed by atoms with Crippen molar-refractivity contribution in [2.45, 2.75) is 72.1 Å². The standard InChI is InChI=1S/C22H40N6O2.HI/c1-8-24-20(25-11-9-18(3)26(7)21(29)30-22(4,5)6)27-13-10-17(2)19(15-27)28-14-12-23-16-28;/h12,14,16-19H,8-11,13,15H2,1-7H3,(H,24,25);1H. The number of carbonyl (C=O) groups is 1. The van der Waals surface area contributed by atoms with Crippen LogP contribution in [0.25, 0.3) is 0 Å². The topological polar surface area (TPSA) is 75.0 Å². The van der Waals surface area contributed by atoms with Crippen LogP contribution in [-0.4, -0.2) is 76.3 Å². The first-order valence-corrected chi connectivity index (χ1v) is 11.1. The molecular formula is C22H41IN6O2. The van der Waals surface area contributed by atoms with Crippen molar-refractivity contribution in [1.82, 2.24) is 24.7 Å². The molecule has 8 nitrogen and oxygen atoms in total. The van der Waals surface area contributed by atoms with Crippen LogP contribution in [0.5, 0.6) is 0 Å². The molecule has 3 unspecified atom stereocenters. The Balaban J connectivity index is 0.00000480. The number of rotatable bonds is 6. The van der Waals surface area contributed by atoms with Crippen LogP contribution < -0.4 is 5.32 Å². The van der Waals surface area contributed by atoms with Crippen LogP contribution in [-0.2, 0) is 4.74 Å². The summed E-state index contributed by atoms with van der Waals surface area (Å²) >= 11 is 0. The quantitative estimate of drug-likeness (QED) is 0.331. The molecule has 0 aromatic carbocycles. The number of ether oxygens (including phenoxy) is 1. The second-order valence-corrected chi connectivity index (χ2v) is 9.25. The van der Waals surface area contributed by atoms with Gasteiger partial charge in [-0.15, -0.1) is 24.0 Å². The highest BCUT2D eigenvalue weighted by Gasteiger charge is 2.29. The lowest BCUT2D eigenvalue weighted by Gasteiger charge is -2.39. The van der Waals surface area contributed by atoms with E-state index >= 15 is 0 Å². The Hall–Kier alpha value is -1.52. The number of carbonyl (C=O) groups excluding carboxylic acids is 1. The van der Waals surface area contributed by atoms with Crippen LogP contribution in [0, 0.1) is 5.92 Å². The van der Waals surface area contributed by atoms with E-state index in [1.54, 1.807) is 11.9 Å². The van der Waals surface area contributed by atoms with Crippen molar-refractivity contribution in [3.63, 3.8) is 0 Å². The second-order valence-electron chi connectivity index (χ2n) is 9.25. The maximum absolute atomic E-state index is 12.3. The fourth-order valence-electron chi connectivity index (χ4n) is 3.59. The van der Waals surface area contributed by atoms with Gasteiger partial charge in [-0.2, -0.15) is 0 Å². The average molecular weight is 549 g/mol. The summed E-state index contributed by atoms with van der Waals surface area (Å²) in [6, 6.07) is 0.439. The summed E-state index contributed by atoms with van der Waals surface area (Å²) in [5.41, 5.74) is -0.487. The Labute approximate surface area is 204 Å². The number of amides is 1. The van der Waals surface area contributed by atoms with E-state index in [4.69, 9.17) is 9.73 Å². The number of imidazole rings is 1. The van der Waals surface area contributed by atoms with Gasteiger partial charge in [-0.3, -0.25) is 4.99 Å². The largest absolute Gasteiger partial charge is 0.444 e. The number of aliphatic imine (C=N–C) groups is 1. The lowest BCUT2D eigenvalue weighted by Crippen LogP contribution is -2.49. The van der Waals surface area contributed by atoms with Crippen molar-refractivity contribution < 1.29 is 9.53 Å².